The number of benzene rings is 1. The third kappa shape index (κ3) is 7.74. The van der Waals surface area contributed by atoms with Crippen LogP contribution in [0.4, 0.5) is 4.79 Å². The largest absolute Gasteiger partial charge is 0.381 e. The zero-order valence-corrected chi connectivity index (χ0v) is 28.8. The van der Waals surface area contributed by atoms with Crippen molar-refractivity contribution in [2.75, 3.05) is 48.0 Å². The molecule has 2 aliphatic heterocycles. The lowest BCUT2D eigenvalue weighted by molar-refractivity contribution is -0.00827. The van der Waals surface area contributed by atoms with E-state index in [1.54, 1.807) is 37.3 Å². The van der Waals surface area contributed by atoms with Crippen molar-refractivity contribution in [3.8, 4) is 0 Å². The topological polar surface area (TPSA) is 122 Å². The second kappa shape index (κ2) is 15.4. The quantitative estimate of drug-likeness (QED) is 0.299. The van der Waals surface area contributed by atoms with Crippen LogP contribution < -0.4 is 10.0 Å². The number of ether oxygens (including phenoxy) is 2. The molecule has 252 valence electrons. The number of hydrogen-bond acceptors (Lipinski definition) is 6. The molecule has 1 aromatic carbocycles. The molecule has 0 aliphatic carbocycles. The van der Waals surface area contributed by atoms with Crippen LogP contribution in [-0.2, 0) is 26.2 Å². The van der Waals surface area contributed by atoms with Crippen molar-refractivity contribution in [2.24, 2.45) is 0 Å². The Kier molecular flexibility index (Phi) is 11.9. The van der Waals surface area contributed by atoms with Crippen molar-refractivity contribution < 1.29 is 27.5 Å². The first-order chi connectivity index (χ1) is 21.9. The normalized spacial score (nSPS) is 19.6. The van der Waals surface area contributed by atoms with Crippen molar-refractivity contribution in [1.82, 2.24) is 23.8 Å². The van der Waals surface area contributed by atoms with Crippen LogP contribution in [0.15, 0.2) is 48.6 Å². The summed E-state index contributed by atoms with van der Waals surface area (Å²) in [6, 6.07) is 4.92. The lowest BCUT2D eigenvalue weighted by Crippen LogP contribution is -2.59. The van der Waals surface area contributed by atoms with Crippen LogP contribution in [0.25, 0.3) is 16.5 Å². The summed E-state index contributed by atoms with van der Waals surface area (Å²) in [5.74, 6) is -0.524. The Morgan fingerprint density at radius 3 is 2.54 bits per heavy atom. The Balaban J connectivity index is 1.90. The van der Waals surface area contributed by atoms with E-state index in [0.29, 0.717) is 32.7 Å². The fourth-order valence-electron chi connectivity index (χ4n) is 6.22. The van der Waals surface area contributed by atoms with Crippen molar-refractivity contribution in [3.05, 3.63) is 65.4 Å². The molecule has 0 radical (unpaired) electrons. The third-order valence-electron chi connectivity index (χ3n) is 8.85. The number of allylic oxidation sites excluding steroid dienone is 3. The number of hydrogen-bond donors (Lipinski definition) is 2. The molecule has 2 unspecified atom stereocenters. The average molecular weight is 656 g/mol. The smallest absolute Gasteiger partial charge is 0.317 e. The standard InChI is InChI=1S/C34H49N5O6S/c1-8-10-11-13-23(3)31-29-15-14-25(33(40)36-46(42,43)37(4)5)19-30(29)39-20-26(35-34(41)38-21-27(22-38)45-7)18-24(16-17-44-6)28(12-9-2)32(31)39/h9,12,14-16,19,23,26-27H,2,8,10-11,13,17-18,20-22H2,1,3-7H3,(H,35,41)(H,36,40)/b24-16-,28-12+. The minimum absolute atomic E-state index is 0.0387. The Labute approximate surface area is 273 Å². The molecule has 11 nitrogen and oxygen atoms in total. The number of likely N-dealkylation sites (tertiary alicyclic amines) is 1. The molecule has 2 aromatic rings. The number of aromatic nitrogens is 1. The van der Waals surface area contributed by atoms with E-state index in [1.807, 2.05) is 12.1 Å². The third-order valence-corrected chi connectivity index (χ3v) is 10.3. The molecule has 1 fully saturated rings. The van der Waals surface area contributed by atoms with Gasteiger partial charge in [0.25, 0.3) is 5.91 Å². The zero-order chi connectivity index (χ0) is 33.6. The van der Waals surface area contributed by atoms with Crippen molar-refractivity contribution in [1.29, 1.82) is 0 Å². The number of rotatable bonds is 13. The van der Waals surface area contributed by atoms with Gasteiger partial charge >= 0.3 is 16.2 Å². The highest BCUT2D eigenvalue weighted by molar-refractivity contribution is 7.87. The van der Waals surface area contributed by atoms with Crippen molar-refractivity contribution >= 4 is 38.6 Å². The summed E-state index contributed by atoms with van der Waals surface area (Å²) in [7, 11) is 2.05. The van der Waals surface area contributed by atoms with Gasteiger partial charge in [0.15, 0.2) is 0 Å². The molecule has 2 N–H and O–H groups in total. The predicted molar refractivity (Wildman–Crippen MR) is 182 cm³/mol. The van der Waals surface area contributed by atoms with Crippen LogP contribution in [0.2, 0.25) is 0 Å². The van der Waals surface area contributed by atoms with Gasteiger partial charge in [0.1, 0.15) is 0 Å². The summed E-state index contributed by atoms with van der Waals surface area (Å²) in [4.78, 5) is 28.3. The summed E-state index contributed by atoms with van der Waals surface area (Å²) in [6.45, 7) is 10.4. The van der Waals surface area contributed by atoms with Gasteiger partial charge in [-0.25, -0.2) is 9.52 Å². The van der Waals surface area contributed by atoms with Gasteiger partial charge in [-0.2, -0.15) is 12.7 Å². The van der Waals surface area contributed by atoms with Crippen LogP contribution in [0.5, 0.6) is 0 Å². The maximum atomic E-state index is 13.3. The summed E-state index contributed by atoms with van der Waals surface area (Å²) in [6.07, 6.45) is 10.8. The van der Waals surface area contributed by atoms with Gasteiger partial charge in [-0.15, -0.1) is 0 Å². The van der Waals surface area contributed by atoms with E-state index in [-0.39, 0.29) is 29.7 Å². The second-order valence-corrected chi connectivity index (χ2v) is 14.2. The molecule has 2 atom stereocenters. The summed E-state index contributed by atoms with van der Waals surface area (Å²) >= 11 is 0. The zero-order valence-electron chi connectivity index (χ0n) is 28.0. The molecule has 0 bridgehead atoms. The maximum Gasteiger partial charge on any atom is 0.317 e. The maximum absolute atomic E-state index is 13.3. The van der Waals surface area contributed by atoms with Crippen LogP contribution in [0.3, 0.4) is 0 Å². The molecule has 1 saturated heterocycles. The van der Waals surface area contributed by atoms with E-state index >= 15 is 0 Å². The van der Waals surface area contributed by atoms with Gasteiger partial charge in [0, 0.05) is 56.9 Å². The number of fused-ring (bicyclic) bond motifs is 3. The summed E-state index contributed by atoms with van der Waals surface area (Å²) in [5, 5.41) is 4.24. The van der Waals surface area contributed by atoms with Crippen LogP contribution in [0, 0.1) is 0 Å². The number of nitrogens with zero attached hydrogens (tertiary/aromatic N) is 3. The number of urea groups is 1. The minimum Gasteiger partial charge on any atom is -0.381 e. The summed E-state index contributed by atoms with van der Waals surface area (Å²) in [5.41, 5.74) is 5.22. The number of amides is 3. The van der Waals surface area contributed by atoms with Crippen molar-refractivity contribution in [3.63, 3.8) is 0 Å². The molecule has 12 heteroatoms. The van der Waals surface area contributed by atoms with Crippen LogP contribution in [-0.4, -0.2) is 94.3 Å². The highest BCUT2D eigenvalue weighted by Crippen LogP contribution is 2.43. The summed E-state index contributed by atoms with van der Waals surface area (Å²) < 4.78 is 41.1. The lowest BCUT2D eigenvalue weighted by atomic mass is 9.87. The average Bonchev–Trinajstić information content (AvgIpc) is 3.22. The fourth-order valence-corrected chi connectivity index (χ4v) is 6.75. The van der Waals surface area contributed by atoms with Gasteiger partial charge < -0.3 is 24.3 Å². The minimum atomic E-state index is -3.98. The highest BCUT2D eigenvalue weighted by Gasteiger charge is 2.35. The van der Waals surface area contributed by atoms with Gasteiger partial charge in [-0.3, -0.25) is 4.79 Å². The molecule has 46 heavy (non-hydrogen) atoms. The fraction of sp³-hybridized carbons (Fsp3) is 0.529. The molecule has 0 saturated carbocycles. The number of unbranched alkanes of at least 4 members (excludes halogenated alkanes) is 2. The van der Waals surface area contributed by atoms with E-state index in [2.05, 4.69) is 41.1 Å². The monoisotopic (exact) mass is 655 g/mol. The molecular formula is C34H49N5O6S. The van der Waals surface area contributed by atoms with Gasteiger partial charge in [-0.1, -0.05) is 64.0 Å². The first-order valence-electron chi connectivity index (χ1n) is 16.0. The number of methoxy groups -OCH3 is 2. The SMILES string of the molecule is C=C/C=C1\C(=C/COC)CC(NC(=O)N2CC(OC)C2)Cn2c1c(C(C)CCCCC)c1ccc(C(=O)NS(=O)(=O)N(C)C)cc12. The Bertz CT molecular complexity index is 1600. The molecule has 3 heterocycles. The van der Waals surface area contributed by atoms with E-state index in [0.717, 1.165) is 63.3 Å². The molecule has 0 spiro atoms. The second-order valence-electron chi connectivity index (χ2n) is 12.3. The molecule has 3 amide bonds. The Hall–Kier alpha value is -3.45. The highest BCUT2D eigenvalue weighted by atomic mass is 32.2. The van der Waals surface area contributed by atoms with Crippen molar-refractivity contribution in [2.45, 2.75) is 70.6 Å². The molecule has 4 rings (SSSR count). The van der Waals surface area contributed by atoms with Gasteiger partial charge in [0.2, 0.25) is 0 Å². The first-order valence-corrected chi connectivity index (χ1v) is 17.4. The number of carbonyl (C=O) groups is 2. The molecular weight excluding hydrogens is 606 g/mol. The predicted octanol–water partition coefficient (Wildman–Crippen LogP) is 4.82. The molecule has 1 aromatic heterocycles. The number of nitrogens with one attached hydrogen (secondary N) is 2. The van der Waals surface area contributed by atoms with E-state index in [9.17, 15) is 18.0 Å². The Morgan fingerprint density at radius 2 is 1.91 bits per heavy atom. The van der Waals surface area contributed by atoms with Gasteiger partial charge in [0.05, 0.1) is 37.5 Å². The van der Waals surface area contributed by atoms with Crippen LogP contribution in [0.1, 0.15) is 73.5 Å². The van der Waals surface area contributed by atoms with Crippen LogP contribution >= 0.6 is 0 Å². The number of carbonyl (C=O) groups excluding carboxylic acids is 2. The first kappa shape index (κ1) is 35.4. The Morgan fingerprint density at radius 1 is 1.17 bits per heavy atom. The molecule has 2 aliphatic rings. The van der Waals surface area contributed by atoms with Gasteiger partial charge in [-0.05, 0) is 42.0 Å². The lowest BCUT2D eigenvalue weighted by Gasteiger charge is -2.38. The van der Waals surface area contributed by atoms with E-state index in [4.69, 9.17) is 9.47 Å². The van der Waals surface area contributed by atoms with E-state index in [1.165, 1.54) is 14.1 Å². The van der Waals surface area contributed by atoms with E-state index < -0.39 is 16.1 Å².